The van der Waals surface area contributed by atoms with Crippen LogP contribution in [0.2, 0.25) is 0 Å². The van der Waals surface area contributed by atoms with Crippen LogP contribution in [0.5, 0.6) is 17.2 Å². The maximum absolute atomic E-state index is 16.6. The summed E-state index contributed by atoms with van der Waals surface area (Å²) >= 11 is 0. The van der Waals surface area contributed by atoms with Crippen molar-refractivity contribution in [1.29, 1.82) is 0 Å². The van der Waals surface area contributed by atoms with Gasteiger partial charge >= 0.3 is 0 Å². The zero-order valence-electron chi connectivity index (χ0n) is 41.5. The number of aromatic amines is 2. The number of nitrogens with zero attached hydrogens (tertiary/aromatic N) is 6. The highest BCUT2D eigenvalue weighted by Crippen LogP contribution is 2.54. The van der Waals surface area contributed by atoms with E-state index in [0.29, 0.717) is 55.8 Å². The maximum atomic E-state index is 16.6. The molecule has 1 amide bonds. The van der Waals surface area contributed by atoms with Crippen molar-refractivity contribution in [2.45, 2.75) is 69.0 Å². The summed E-state index contributed by atoms with van der Waals surface area (Å²) in [4.78, 5) is 47.1. The number of nitrogens with one attached hydrogen (secondary N) is 4. The van der Waals surface area contributed by atoms with Gasteiger partial charge in [0.15, 0.2) is 0 Å². The average molecular weight is 1030 g/mol. The lowest BCUT2D eigenvalue weighted by Crippen LogP contribution is -2.68. The largest absolute Gasteiger partial charge is 0.497 e. The number of nitro groups is 1. The second-order valence-corrected chi connectivity index (χ2v) is 22.2. The Labute approximate surface area is 427 Å². The maximum Gasteiger partial charge on any atom is 0.296 e. The van der Waals surface area contributed by atoms with Gasteiger partial charge < -0.3 is 34.4 Å². The second-order valence-electron chi connectivity index (χ2n) is 20.6. The first kappa shape index (κ1) is 49.1. The van der Waals surface area contributed by atoms with E-state index in [0.717, 1.165) is 69.7 Å². The molecule has 7 aromatic rings. The fraction of sp³-hybridized carbons (Fsp3) is 0.389. The predicted octanol–water partition coefficient (Wildman–Crippen LogP) is 8.90. The first-order chi connectivity index (χ1) is 35.7. The normalized spacial score (nSPS) is 18.7. The van der Waals surface area contributed by atoms with Gasteiger partial charge in [-0.25, -0.2) is 27.5 Å². The number of piperazine rings is 1. The van der Waals surface area contributed by atoms with E-state index in [4.69, 9.17) is 14.2 Å². The molecule has 4 aromatic carbocycles. The minimum absolute atomic E-state index is 0.0378. The number of methoxy groups -OCH3 is 1. The molecule has 3 saturated heterocycles. The summed E-state index contributed by atoms with van der Waals surface area (Å²) in [6.07, 6.45) is 7.81. The minimum Gasteiger partial charge on any atom is -0.497 e. The average Bonchev–Trinajstić information content (AvgIpc) is 4.07. The molecule has 74 heavy (non-hydrogen) atoms. The Balaban J connectivity index is 0.833. The van der Waals surface area contributed by atoms with Gasteiger partial charge in [0.2, 0.25) is 0 Å². The molecule has 0 bridgehead atoms. The standard InChI is InChI=1S/C54H59FN10O8S/c1-33(2)40-6-4-5-7-41(40)46-29-62(28-35-8-10-38(71-3)11-9-35)16-17-64(46)37-24-54(25-37)30-63(31-54)44-22-47(73-39-20-36-12-15-56-52(36)58-27-39)42(21-43(44)55)53(66)61-74(69,70)48-23-45(65(67)68)49(51-50(48)59-32-60-51)57-26-34-13-18-72-19-14-34/h4-12,15,20-23,27,32-34,37,46,57H,13-14,16-19,24-26,28-31H2,1-3H3,(H,56,58)(H,59,60)(H,61,66). The van der Waals surface area contributed by atoms with Crippen molar-refractivity contribution < 1.29 is 36.7 Å². The molecule has 6 heterocycles. The third-order valence-electron chi connectivity index (χ3n) is 15.4. The SMILES string of the molecule is COc1ccc(CN2CCN(C3CC4(C3)CN(c3cc(Oc5cnc6[nH]ccc6c5)c(C(=O)NS(=O)(=O)c5cc([N+](=O)[O-])c(NCC6CCOCC6)c6[nH]cnc56)cc3F)C4)C(c3ccccc3C(C)C)C2)cc1. The number of hydrogen-bond acceptors (Lipinski definition) is 14. The summed E-state index contributed by atoms with van der Waals surface area (Å²) < 4.78 is 64.3. The highest BCUT2D eigenvalue weighted by molar-refractivity contribution is 7.90. The summed E-state index contributed by atoms with van der Waals surface area (Å²) in [7, 11) is -3.20. The van der Waals surface area contributed by atoms with Crippen molar-refractivity contribution in [2.75, 3.05) is 69.8 Å². The molecule has 1 aliphatic carbocycles. The van der Waals surface area contributed by atoms with E-state index >= 15 is 4.39 Å². The topological polar surface area (TPSA) is 213 Å². The van der Waals surface area contributed by atoms with Gasteiger partial charge in [-0.1, -0.05) is 50.2 Å². The van der Waals surface area contributed by atoms with Crippen LogP contribution in [0.1, 0.15) is 78.5 Å². The molecule has 11 rings (SSSR count). The number of pyridine rings is 1. The van der Waals surface area contributed by atoms with Gasteiger partial charge in [-0.2, -0.15) is 0 Å². The lowest BCUT2D eigenvalue weighted by Gasteiger charge is -2.63. The monoisotopic (exact) mass is 1030 g/mol. The third-order valence-corrected chi connectivity index (χ3v) is 16.8. The van der Waals surface area contributed by atoms with Crippen molar-refractivity contribution in [2.24, 2.45) is 11.3 Å². The number of anilines is 2. The molecule has 1 unspecified atom stereocenters. The molecule has 3 aliphatic heterocycles. The Morgan fingerprint density at radius 1 is 1.00 bits per heavy atom. The van der Waals surface area contributed by atoms with Crippen LogP contribution < -0.4 is 24.4 Å². The number of halogens is 1. The minimum atomic E-state index is -4.88. The van der Waals surface area contributed by atoms with Crippen molar-refractivity contribution >= 4 is 55.1 Å². The van der Waals surface area contributed by atoms with Gasteiger partial charge in [-0.15, -0.1) is 0 Å². The van der Waals surface area contributed by atoms with E-state index in [-0.39, 0.29) is 51.3 Å². The van der Waals surface area contributed by atoms with Gasteiger partial charge in [0.05, 0.1) is 41.3 Å². The summed E-state index contributed by atoms with van der Waals surface area (Å²) in [5.41, 5.74) is 3.81. The van der Waals surface area contributed by atoms with Crippen molar-refractivity contribution in [1.82, 2.24) is 34.5 Å². The van der Waals surface area contributed by atoms with Crippen LogP contribution >= 0.6 is 0 Å². The van der Waals surface area contributed by atoms with Gasteiger partial charge in [0, 0.05) is 100 Å². The lowest BCUT2D eigenvalue weighted by atomic mass is 9.59. The van der Waals surface area contributed by atoms with Crippen LogP contribution in [0.4, 0.5) is 21.5 Å². The molecule has 4 aliphatic rings. The number of sulfonamides is 1. The molecule has 0 radical (unpaired) electrons. The first-order valence-electron chi connectivity index (χ1n) is 25.2. The zero-order chi connectivity index (χ0) is 51.3. The lowest BCUT2D eigenvalue weighted by molar-refractivity contribution is -0.384. The van der Waals surface area contributed by atoms with E-state index in [1.54, 1.807) is 25.4 Å². The first-order valence-corrected chi connectivity index (χ1v) is 26.7. The number of imidazole rings is 1. The number of nitro benzene ring substituents is 1. The summed E-state index contributed by atoms with van der Waals surface area (Å²) in [5.74, 6) is -0.458. The van der Waals surface area contributed by atoms with Crippen LogP contribution in [0, 0.1) is 27.3 Å². The van der Waals surface area contributed by atoms with E-state index < -0.39 is 42.8 Å². The predicted molar refractivity (Wildman–Crippen MR) is 278 cm³/mol. The Morgan fingerprint density at radius 2 is 1.78 bits per heavy atom. The van der Waals surface area contributed by atoms with E-state index in [2.05, 4.69) is 85.3 Å². The second kappa shape index (κ2) is 20.0. The van der Waals surface area contributed by atoms with E-state index in [9.17, 15) is 23.3 Å². The molecule has 3 aromatic heterocycles. The molecule has 386 valence electrons. The molecule has 20 heteroatoms. The number of hydrogen-bond donors (Lipinski definition) is 4. The quantitative estimate of drug-likeness (QED) is 0.0526. The zero-order valence-corrected chi connectivity index (χ0v) is 42.3. The Morgan fingerprint density at radius 3 is 2.54 bits per heavy atom. The fourth-order valence-corrected chi connectivity index (χ4v) is 12.7. The molecule has 4 N–H and O–H groups in total. The number of fused-ring (bicyclic) bond motifs is 2. The smallest absolute Gasteiger partial charge is 0.296 e. The van der Waals surface area contributed by atoms with Crippen LogP contribution in [-0.2, 0) is 21.3 Å². The number of aromatic nitrogens is 4. The number of carbonyl (C=O) groups is 1. The molecule has 18 nitrogen and oxygen atoms in total. The number of amides is 1. The molecule has 1 atom stereocenters. The summed E-state index contributed by atoms with van der Waals surface area (Å²) in [6.45, 7) is 10.8. The van der Waals surface area contributed by atoms with E-state index in [1.165, 1.54) is 35.3 Å². The van der Waals surface area contributed by atoms with Crippen molar-refractivity contribution in [3.63, 3.8) is 0 Å². The van der Waals surface area contributed by atoms with E-state index in [1.807, 2.05) is 21.8 Å². The van der Waals surface area contributed by atoms with Gasteiger partial charge in [-0.3, -0.25) is 24.7 Å². The van der Waals surface area contributed by atoms with Crippen LogP contribution in [0.3, 0.4) is 0 Å². The number of ether oxygens (including phenoxy) is 3. The fourth-order valence-electron chi connectivity index (χ4n) is 11.6. The Hall–Kier alpha value is -7.13. The molecule has 4 fully saturated rings. The van der Waals surface area contributed by atoms with Crippen molar-refractivity contribution in [3.8, 4) is 17.2 Å². The van der Waals surface area contributed by atoms with Crippen LogP contribution in [0.25, 0.3) is 22.1 Å². The summed E-state index contributed by atoms with van der Waals surface area (Å²) in [6, 6.07) is 24.4. The van der Waals surface area contributed by atoms with Gasteiger partial charge in [0.1, 0.15) is 44.8 Å². The highest BCUT2D eigenvalue weighted by atomic mass is 32.2. The van der Waals surface area contributed by atoms with Gasteiger partial charge in [0.25, 0.3) is 21.6 Å². The number of rotatable bonds is 16. The molecule has 1 saturated carbocycles. The number of benzene rings is 4. The molecular formula is C54H59FN10O8S. The van der Waals surface area contributed by atoms with Crippen LogP contribution in [-0.4, -0.2) is 115 Å². The van der Waals surface area contributed by atoms with Crippen LogP contribution in [0.15, 0.2) is 102 Å². The molecular weight excluding hydrogens is 968 g/mol. The Bertz CT molecular complexity index is 3350. The van der Waals surface area contributed by atoms with Crippen molar-refractivity contribution in [3.05, 3.63) is 136 Å². The summed E-state index contributed by atoms with van der Waals surface area (Å²) in [5, 5.41) is 16.3. The van der Waals surface area contributed by atoms with Gasteiger partial charge in [-0.05, 0) is 84.5 Å². The molecule has 1 spiro atoms. The highest BCUT2D eigenvalue weighted by Gasteiger charge is 2.55. The number of carbonyl (C=O) groups excluding carboxylic acids is 1. The third kappa shape index (κ3) is 9.62. The number of H-pyrrole nitrogens is 2. The Kier molecular flexibility index (Phi) is 13.2.